The first-order valence-corrected chi connectivity index (χ1v) is 8.54. The number of benzene rings is 1. The van der Waals surface area contributed by atoms with Gasteiger partial charge in [0.15, 0.2) is 17.5 Å². The molecular weight excluding hydrogens is 366 g/mol. The molecule has 1 N–H and O–H groups in total. The van der Waals surface area contributed by atoms with E-state index in [0.717, 1.165) is 0 Å². The molecular formula is C17H19ClF2N4O2. The van der Waals surface area contributed by atoms with Crippen LogP contribution in [-0.2, 0) is 4.74 Å². The van der Waals surface area contributed by atoms with Crippen molar-refractivity contribution in [1.82, 2.24) is 20.1 Å². The summed E-state index contributed by atoms with van der Waals surface area (Å²) in [5, 5.41) is 7.86. The molecule has 9 heteroatoms. The van der Waals surface area contributed by atoms with Crippen LogP contribution in [0.25, 0.3) is 11.4 Å². The zero-order valence-electron chi connectivity index (χ0n) is 14.6. The number of carbonyl (C=O) groups is 1. The molecule has 2 aromatic rings. The molecule has 1 aromatic carbocycles. The third-order valence-corrected chi connectivity index (χ3v) is 4.20. The summed E-state index contributed by atoms with van der Waals surface area (Å²) in [6.07, 6.45) is -1.77. The van der Waals surface area contributed by atoms with Crippen LogP contribution in [0, 0.1) is 5.82 Å². The molecule has 0 bridgehead atoms. The molecule has 6 nitrogen and oxygen atoms in total. The van der Waals surface area contributed by atoms with Gasteiger partial charge in [0.25, 0.3) is 0 Å². The molecule has 1 saturated heterocycles. The molecule has 1 amide bonds. The smallest absolute Gasteiger partial charge is 0.411 e. The van der Waals surface area contributed by atoms with Crippen molar-refractivity contribution in [1.29, 1.82) is 0 Å². The van der Waals surface area contributed by atoms with Crippen molar-refractivity contribution >= 4 is 17.7 Å². The molecule has 1 fully saturated rings. The van der Waals surface area contributed by atoms with Crippen molar-refractivity contribution in [2.24, 2.45) is 0 Å². The fraction of sp³-hybridized carbons (Fsp3) is 0.471. The first-order chi connectivity index (χ1) is 12.2. The second kappa shape index (κ2) is 6.83. The number of amides is 1. The highest BCUT2D eigenvalue weighted by molar-refractivity contribution is 6.31. The summed E-state index contributed by atoms with van der Waals surface area (Å²) in [6, 6.07) is 3.85. The topological polar surface area (TPSA) is 71.1 Å². The molecule has 1 aliphatic heterocycles. The van der Waals surface area contributed by atoms with Crippen molar-refractivity contribution in [2.75, 3.05) is 6.54 Å². The maximum Gasteiger partial charge on any atom is 0.411 e. The normalized spacial score (nSPS) is 20.5. The average Bonchev–Trinajstić information content (AvgIpc) is 3.14. The second-order valence-corrected chi connectivity index (χ2v) is 7.55. The lowest BCUT2D eigenvalue weighted by Crippen LogP contribution is -2.37. The standard InChI is InChI=1S/C17H19ClF2N4O2/c1-17(2,3)26-16(25)24-8-9(19)7-12(24)15-21-14(22-23-15)10-5-4-6-11(18)13(10)20/h4-6,9,12H,7-8H2,1-3H3,(H,21,22,23)/t9-,12+/m1/s1. The van der Waals surface area contributed by atoms with Crippen LogP contribution in [0.4, 0.5) is 13.6 Å². The van der Waals surface area contributed by atoms with Crippen LogP contribution in [-0.4, -0.2) is 44.5 Å². The van der Waals surface area contributed by atoms with Gasteiger partial charge in [-0.3, -0.25) is 4.90 Å². The van der Waals surface area contributed by atoms with E-state index in [1.54, 1.807) is 26.8 Å². The zero-order valence-corrected chi connectivity index (χ0v) is 15.3. The number of nitrogens with one attached hydrogen (secondary N) is 1. The Morgan fingerprint density at radius 2 is 2.12 bits per heavy atom. The van der Waals surface area contributed by atoms with Gasteiger partial charge < -0.3 is 9.72 Å². The number of rotatable bonds is 2. The second-order valence-electron chi connectivity index (χ2n) is 7.14. The van der Waals surface area contributed by atoms with Gasteiger partial charge in [0, 0.05) is 6.42 Å². The number of hydrogen-bond acceptors (Lipinski definition) is 4. The van der Waals surface area contributed by atoms with E-state index in [-0.39, 0.29) is 35.2 Å². The lowest BCUT2D eigenvalue weighted by molar-refractivity contribution is 0.0211. The van der Waals surface area contributed by atoms with E-state index in [9.17, 15) is 13.6 Å². The Hall–Kier alpha value is -2.22. The predicted octanol–water partition coefficient (Wildman–Crippen LogP) is 4.28. The molecule has 0 saturated carbocycles. The van der Waals surface area contributed by atoms with Crippen LogP contribution in [0.15, 0.2) is 18.2 Å². The number of likely N-dealkylation sites (tertiary alicyclic amines) is 1. The largest absolute Gasteiger partial charge is 0.444 e. The van der Waals surface area contributed by atoms with Crippen molar-refractivity contribution in [3.05, 3.63) is 34.9 Å². The molecule has 1 aliphatic rings. The summed E-state index contributed by atoms with van der Waals surface area (Å²) in [4.78, 5) is 16.5. The third kappa shape index (κ3) is 3.80. The number of H-pyrrole nitrogens is 1. The lowest BCUT2D eigenvalue weighted by atomic mass is 10.2. The molecule has 140 valence electrons. The highest BCUT2D eigenvalue weighted by Crippen LogP contribution is 2.34. The van der Waals surface area contributed by atoms with Gasteiger partial charge >= 0.3 is 6.09 Å². The minimum absolute atomic E-state index is 0.0412. The highest BCUT2D eigenvalue weighted by atomic mass is 35.5. The van der Waals surface area contributed by atoms with E-state index in [4.69, 9.17) is 16.3 Å². The highest BCUT2D eigenvalue weighted by Gasteiger charge is 2.40. The SMILES string of the molecule is CC(C)(C)OC(=O)N1C[C@H](F)C[C@H]1c1nnc(-c2cccc(Cl)c2F)[nH]1. The summed E-state index contributed by atoms with van der Waals surface area (Å²) >= 11 is 5.79. The molecule has 2 atom stereocenters. The Kier molecular flexibility index (Phi) is 4.88. The number of nitrogens with zero attached hydrogens (tertiary/aromatic N) is 3. The number of alkyl halides is 1. The molecule has 26 heavy (non-hydrogen) atoms. The summed E-state index contributed by atoms with van der Waals surface area (Å²) in [6.45, 7) is 5.10. The third-order valence-electron chi connectivity index (χ3n) is 3.90. The minimum atomic E-state index is -1.20. The maximum absolute atomic E-state index is 14.2. The monoisotopic (exact) mass is 384 g/mol. The molecule has 0 spiro atoms. The fourth-order valence-corrected chi connectivity index (χ4v) is 2.97. The maximum atomic E-state index is 14.2. The van der Waals surface area contributed by atoms with Crippen LogP contribution in [0.3, 0.4) is 0 Å². The Balaban J connectivity index is 1.87. The van der Waals surface area contributed by atoms with Gasteiger partial charge in [-0.25, -0.2) is 13.6 Å². The van der Waals surface area contributed by atoms with E-state index in [1.807, 2.05) is 0 Å². The van der Waals surface area contributed by atoms with Crippen molar-refractivity contribution < 1.29 is 18.3 Å². The summed E-state index contributed by atoms with van der Waals surface area (Å²) in [5.74, 6) is -0.201. The Bertz CT molecular complexity index is 821. The number of halogens is 3. The average molecular weight is 385 g/mol. The van der Waals surface area contributed by atoms with Crippen molar-refractivity contribution in [2.45, 2.75) is 45.0 Å². The van der Waals surface area contributed by atoms with Gasteiger partial charge in [0.05, 0.1) is 23.2 Å². The van der Waals surface area contributed by atoms with Gasteiger partial charge in [0.2, 0.25) is 0 Å². The number of ether oxygens (including phenoxy) is 1. The molecule has 2 heterocycles. The predicted molar refractivity (Wildman–Crippen MR) is 92.0 cm³/mol. The number of aromatic amines is 1. The van der Waals surface area contributed by atoms with Gasteiger partial charge in [-0.15, -0.1) is 10.2 Å². The Morgan fingerprint density at radius 1 is 1.38 bits per heavy atom. The van der Waals surface area contributed by atoms with E-state index in [0.29, 0.717) is 0 Å². The molecule has 0 aliphatic carbocycles. The van der Waals surface area contributed by atoms with E-state index in [2.05, 4.69) is 15.2 Å². The molecule has 3 rings (SSSR count). The van der Waals surface area contributed by atoms with E-state index < -0.39 is 29.7 Å². The minimum Gasteiger partial charge on any atom is -0.444 e. The van der Waals surface area contributed by atoms with Crippen LogP contribution in [0.1, 0.15) is 39.1 Å². The zero-order chi connectivity index (χ0) is 19.1. The Morgan fingerprint density at radius 3 is 2.81 bits per heavy atom. The molecule has 0 radical (unpaired) electrons. The van der Waals surface area contributed by atoms with Crippen LogP contribution in [0.5, 0.6) is 0 Å². The van der Waals surface area contributed by atoms with Gasteiger partial charge in [0.1, 0.15) is 11.8 Å². The van der Waals surface area contributed by atoms with Crippen LogP contribution >= 0.6 is 11.6 Å². The first kappa shape index (κ1) is 18.6. The quantitative estimate of drug-likeness (QED) is 0.838. The summed E-state index contributed by atoms with van der Waals surface area (Å²) < 4.78 is 33.5. The first-order valence-electron chi connectivity index (χ1n) is 8.16. The number of aromatic nitrogens is 3. The van der Waals surface area contributed by atoms with E-state index >= 15 is 0 Å². The number of hydrogen-bond donors (Lipinski definition) is 1. The van der Waals surface area contributed by atoms with Gasteiger partial charge in [-0.1, -0.05) is 17.7 Å². The molecule has 1 aromatic heterocycles. The Labute approximate surface area is 154 Å². The van der Waals surface area contributed by atoms with Crippen LogP contribution in [0.2, 0.25) is 5.02 Å². The fourth-order valence-electron chi connectivity index (χ4n) is 2.80. The summed E-state index contributed by atoms with van der Waals surface area (Å²) in [7, 11) is 0. The number of carbonyl (C=O) groups excluding carboxylic acids is 1. The van der Waals surface area contributed by atoms with E-state index in [1.165, 1.54) is 17.0 Å². The van der Waals surface area contributed by atoms with Crippen molar-refractivity contribution in [3.8, 4) is 11.4 Å². The molecule has 0 unspecified atom stereocenters. The van der Waals surface area contributed by atoms with Crippen LogP contribution < -0.4 is 0 Å². The van der Waals surface area contributed by atoms with Gasteiger partial charge in [-0.05, 0) is 32.9 Å². The van der Waals surface area contributed by atoms with Gasteiger partial charge in [-0.2, -0.15) is 0 Å². The lowest BCUT2D eigenvalue weighted by Gasteiger charge is -2.27. The van der Waals surface area contributed by atoms with Crippen molar-refractivity contribution in [3.63, 3.8) is 0 Å². The summed E-state index contributed by atoms with van der Waals surface area (Å²) in [5.41, 5.74) is -0.554.